The molecule has 0 amide bonds. The quantitative estimate of drug-likeness (QED) is 0.774. The Bertz CT molecular complexity index is 707. The number of aliphatic hydroxyl groups is 1. The van der Waals surface area contributed by atoms with Crippen LogP contribution in [0.1, 0.15) is 49.1 Å². The van der Waals surface area contributed by atoms with Gasteiger partial charge in [-0.25, -0.2) is 0 Å². The molecule has 0 aliphatic heterocycles. The highest BCUT2D eigenvalue weighted by Gasteiger charge is 2.36. The third-order valence-corrected chi connectivity index (χ3v) is 5.23. The van der Waals surface area contributed by atoms with Crippen LogP contribution in [-0.2, 0) is 11.4 Å². The predicted octanol–water partition coefficient (Wildman–Crippen LogP) is 4.38. The molecule has 1 saturated carbocycles. The number of hydrogen-bond acceptors (Lipinski definition) is 3. The SMILES string of the molecule is O=C(O)[C@H](c1ccccc1OCc1ccccc1)[C@H](O)C1CCCCC1. The summed E-state index contributed by atoms with van der Waals surface area (Å²) in [6.07, 6.45) is 4.16. The van der Waals surface area contributed by atoms with E-state index in [0.29, 0.717) is 17.9 Å². The van der Waals surface area contributed by atoms with E-state index in [2.05, 4.69) is 0 Å². The molecule has 4 nitrogen and oxygen atoms in total. The molecular formula is C22H26O4. The highest BCUT2D eigenvalue weighted by atomic mass is 16.5. The van der Waals surface area contributed by atoms with Gasteiger partial charge in [0, 0.05) is 5.56 Å². The first-order chi connectivity index (χ1) is 12.7. The van der Waals surface area contributed by atoms with Crippen molar-refractivity contribution in [3.05, 3.63) is 65.7 Å². The van der Waals surface area contributed by atoms with Crippen molar-refractivity contribution in [2.45, 2.75) is 50.7 Å². The molecule has 0 aromatic heterocycles. The van der Waals surface area contributed by atoms with Crippen molar-refractivity contribution in [3.8, 4) is 5.75 Å². The summed E-state index contributed by atoms with van der Waals surface area (Å²) >= 11 is 0. The molecule has 26 heavy (non-hydrogen) atoms. The van der Waals surface area contributed by atoms with Gasteiger partial charge in [0.25, 0.3) is 0 Å². The van der Waals surface area contributed by atoms with Crippen molar-refractivity contribution in [3.63, 3.8) is 0 Å². The van der Waals surface area contributed by atoms with Gasteiger partial charge >= 0.3 is 5.97 Å². The van der Waals surface area contributed by atoms with E-state index in [-0.39, 0.29) is 5.92 Å². The summed E-state index contributed by atoms with van der Waals surface area (Å²) < 4.78 is 5.92. The van der Waals surface area contributed by atoms with Crippen molar-refractivity contribution >= 4 is 5.97 Å². The second kappa shape index (κ2) is 8.86. The highest BCUT2D eigenvalue weighted by molar-refractivity contribution is 5.78. The van der Waals surface area contributed by atoms with E-state index in [0.717, 1.165) is 37.7 Å². The minimum absolute atomic E-state index is 0.0343. The smallest absolute Gasteiger partial charge is 0.313 e. The van der Waals surface area contributed by atoms with E-state index >= 15 is 0 Å². The molecule has 0 saturated heterocycles. The van der Waals surface area contributed by atoms with Crippen molar-refractivity contribution < 1.29 is 19.7 Å². The average molecular weight is 354 g/mol. The molecule has 0 unspecified atom stereocenters. The second-order valence-corrected chi connectivity index (χ2v) is 7.02. The molecule has 4 heteroatoms. The fourth-order valence-electron chi connectivity index (χ4n) is 3.82. The van der Waals surface area contributed by atoms with Gasteiger partial charge in [0.15, 0.2) is 0 Å². The molecule has 0 radical (unpaired) electrons. The first-order valence-corrected chi connectivity index (χ1v) is 9.33. The molecule has 1 fully saturated rings. The van der Waals surface area contributed by atoms with Gasteiger partial charge < -0.3 is 14.9 Å². The van der Waals surface area contributed by atoms with Crippen LogP contribution in [0.15, 0.2) is 54.6 Å². The highest BCUT2D eigenvalue weighted by Crippen LogP contribution is 2.37. The molecule has 0 spiro atoms. The molecule has 0 bridgehead atoms. The summed E-state index contributed by atoms with van der Waals surface area (Å²) in [5.74, 6) is -1.41. The first-order valence-electron chi connectivity index (χ1n) is 9.33. The van der Waals surface area contributed by atoms with Gasteiger partial charge in [-0.1, -0.05) is 67.8 Å². The monoisotopic (exact) mass is 354 g/mol. The van der Waals surface area contributed by atoms with Gasteiger partial charge in [0.2, 0.25) is 0 Å². The first kappa shape index (κ1) is 18.5. The van der Waals surface area contributed by atoms with Crippen LogP contribution in [0.3, 0.4) is 0 Å². The zero-order valence-corrected chi connectivity index (χ0v) is 14.9. The predicted molar refractivity (Wildman–Crippen MR) is 100 cm³/mol. The summed E-state index contributed by atoms with van der Waals surface area (Å²) in [6.45, 7) is 0.365. The van der Waals surface area contributed by atoms with Gasteiger partial charge in [-0.3, -0.25) is 4.79 Å². The number of benzene rings is 2. The van der Waals surface area contributed by atoms with E-state index in [9.17, 15) is 15.0 Å². The third kappa shape index (κ3) is 4.44. The maximum absolute atomic E-state index is 12.0. The molecule has 2 N–H and O–H groups in total. The normalized spacial score (nSPS) is 17.4. The number of ether oxygens (including phenoxy) is 1. The van der Waals surface area contributed by atoms with Crippen molar-refractivity contribution in [2.24, 2.45) is 5.92 Å². The summed E-state index contributed by atoms with van der Waals surface area (Å²) in [5, 5.41) is 20.7. The summed E-state index contributed by atoms with van der Waals surface area (Å²) in [4.78, 5) is 12.0. The number of carboxylic acids is 1. The van der Waals surface area contributed by atoms with Crippen LogP contribution >= 0.6 is 0 Å². The molecular weight excluding hydrogens is 328 g/mol. The van der Waals surface area contributed by atoms with Crippen LogP contribution in [0.2, 0.25) is 0 Å². The molecule has 2 aromatic rings. The van der Waals surface area contributed by atoms with Crippen LogP contribution in [-0.4, -0.2) is 22.3 Å². The fraction of sp³-hybridized carbons (Fsp3) is 0.409. The average Bonchev–Trinajstić information content (AvgIpc) is 2.68. The van der Waals surface area contributed by atoms with Crippen molar-refractivity contribution in [1.29, 1.82) is 0 Å². The van der Waals surface area contributed by atoms with Gasteiger partial charge in [0.1, 0.15) is 18.3 Å². The van der Waals surface area contributed by atoms with Gasteiger partial charge in [0.05, 0.1) is 6.10 Å². The fourth-order valence-corrected chi connectivity index (χ4v) is 3.82. The Morgan fingerprint density at radius 1 is 1.00 bits per heavy atom. The second-order valence-electron chi connectivity index (χ2n) is 7.02. The number of carboxylic acid groups (broad SMARTS) is 1. The minimum atomic E-state index is -1.00. The molecule has 1 aliphatic rings. The minimum Gasteiger partial charge on any atom is -0.489 e. The zero-order chi connectivity index (χ0) is 18.4. The maximum Gasteiger partial charge on any atom is 0.313 e. The lowest BCUT2D eigenvalue weighted by Gasteiger charge is -2.31. The Balaban J connectivity index is 1.81. The van der Waals surface area contributed by atoms with Crippen LogP contribution in [0.25, 0.3) is 0 Å². The van der Waals surface area contributed by atoms with Gasteiger partial charge in [-0.2, -0.15) is 0 Å². The lowest BCUT2D eigenvalue weighted by atomic mass is 9.78. The molecule has 1 aliphatic carbocycles. The summed E-state index contributed by atoms with van der Waals surface area (Å²) in [6, 6.07) is 16.9. The zero-order valence-electron chi connectivity index (χ0n) is 14.9. The maximum atomic E-state index is 12.0. The Hall–Kier alpha value is -2.33. The number of hydrogen-bond donors (Lipinski definition) is 2. The van der Waals surface area contributed by atoms with E-state index in [1.807, 2.05) is 36.4 Å². The van der Waals surface area contributed by atoms with Crippen molar-refractivity contribution in [1.82, 2.24) is 0 Å². The lowest BCUT2D eigenvalue weighted by molar-refractivity contribution is -0.143. The largest absolute Gasteiger partial charge is 0.489 e. The molecule has 2 atom stereocenters. The van der Waals surface area contributed by atoms with Crippen LogP contribution in [0.4, 0.5) is 0 Å². The van der Waals surface area contributed by atoms with Gasteiger partial charge in [-0.05, 0) is 30.4 Å². The number of aliphatic carboxylic acids is 1. The van der Waals surface area contributed by atoms with E-state index in [4.69, 9.17) is 4.74 Å². The summed E-state index contributed by atoms with van der Waals surface area (Å²) in [7, 11) is 0. The van der Waals surface area contributed by atoms with Crippen LogP contribution < -0.4 is 4.74 Å². The molecule has 2 aromatic carbocycles. The Morgan fingerprint density at radius 3 is 2.35 bits per heavy atom. The van der Waals surface area contributed by atoms with E-state index in [1.54, 1.807) is 18.2 Å². The number of carbonyl (C=O) groups is 1. The standard InChI is InChI=1S/C22H26O4/c23-21(17-11-5-2-6-12-17)20(22(24)25)18-13-7-8-14-19(18)26-15-16-9-3-1-4-10-16/h1,3-4,7-10,13-14,17,20-21,23H,2,5-6,11-12,15H2,(H,24,25)/t20-,21-/m1/s1. The van der Waals surface area contributed by atoms with Crippen LogP contribution in [0.5, 0.6) is 5.75 Å². The third-order valence-electron chi connectivity index (χ3n) is 5.23. The van der Waals surface area contributed by atoms with Gasteiger partial charge in [-0.15, -0.1) is 0 Å². The summed E-state index contributed by atoms with van der Waals surface area (Å²) in [5.41, 5.74) is 1.57. The molecule has 0 heterocycles. The topological polar surface area (TPSA) is 66.8 Å². The Labute approximate surface area is 154 Å². The van der Waals surface area contributed by atoms with Crippen LogP contribution in [0, 0.1) is 5.92 Å². The van der Waals surface area contributed by atoms with E-state index < -0.39 is 18.0 Å². The number of rotatable bonds is 7. The van der Waals surface area contributed by atoms with E-state index in [1.165, 1.54) is 0 Å². The molecule has 3 rings (SSSR count). The van der Waals surface area contributed by atoms with Crippen molar-refractivity contribution in [2.75, 3.05) is 0 Å². The lowest BCUT2D eigenvalue weighted by Crippen LogP contribution is -2.34. The number of aliphatic hydroxyl groups excluding tert-OH is 1. The molecule has 138 valence electrons. The Morgan fingerprint density at radius 2 is 1.65 bits per heavy atom. The number of para-hydroxylation sites is 1. The Kier molecular flexibility index (Phi) is 6.29.